The molecule has 2 aromatic carbocycles. The first-order valence-electron chi connectivity index (χ1n) is 12.5. The maximum atomic E-state index is 12.7. The Morgan fingerprint density at radius 2 is 1.00 bits per heavy atom. The first-order valence-corrected chi connectivity index (χ1v) is 12.5. The molecular weight excluding hydrogens is 492 g/mol. The second-order valence-corrected chi connectivity index (χ2v) is 8.62. The van der Waals surface area contributed by atoms with E-state index < -0.39 is 0 Å². The maximum Gasteiger partial charge on any atom is 0.260 e. The Bertz CT molecular complexity index is 1080. The van der Waals surface area contributed by atoms with E-state index in [4.69, 9.17) is 18.9 Å². The molecule has 0 saturated carbocycles. The van der Waals surface area contributed by atoms with E-state index in [1.54, 1.807) is 60.0 Å². The number of amides is 2. The van der Waals surface area contributed by atoms with Gasteiger partial charge in [0.1, 0.15) is 0 Å². The van der Waals surface area contributed by atoms with Crippen molar-refractivity contribution in [2.45, 2.75) is 26.7 Å². The van der Waals surface area contributed by atoms with Crippen molar-refractivity contribution < 1.29 is 38.1 Å². The largest absolute Gasteiger partial charge is 0.493 e. The Morgan fingerprint density at radius 1 is 0.632 bits per heavy atom. The first-order chi connectivity index (χ1) is 18.3. The molecule has 2 aromatic rings. The minimum atomic E-state index is -0.212. The molecule has 204 valence electrons. The topological polar surface area (TPSA) is 112 Å². The molecule has 1 heterocycles. The number of ketones is 2. The standard InChI is InChI=1S/C28H34N2O8/c1-5-21(31)19-7-9-23(25(15-19)35-3)37-17-27(33)29-11-13-30(14-12-29)28(34)18-38-24-10-8-20(22(32)6-2)16-26(24)36-4/h7-10,15-16H,5-6,11-14,17-18H2,1-4H3. The molecule has 1 fully saturated rings. The SMILES string of the molecule is CCC(=O)c1ccc(OCC(=O)N2CCN(C(=O)COc3ccc(C(=O)CC)cc3OC)CC2)c(OC)c1. The highest BCUT2D eigenvalue weighted by atomic mass is 16.5. The maximum absolute atomic E-state index is 12.7. The molecule has 1 saturated heterocycles. The van der Waals surface area contributed by atoms with Gasteiger partial charge in [-0.05, 0) is 36.4 Å². The number of nitrogens with zero attached hydrogens (tertiary/aromatic N) is 2. The van der Waals surface area contributed by atoms with Crippen molar-refractivity contribution in [1.82, 2.24) is 9.80 Å². The Balaban J connectivity index is 1.48. The molecule has 0 aliphatic carbocycles. The predicted octanol–water partition coefficient (Wildman–Crippen LogP) is 3.02. The molecule has 10 nitrogen and oxygen atoms in total. The molecule has 0 spiro atoms. The average molecular weight is 527 g/mol. The van der Waals surface area contributed by atoms with Crippen molar-refractivity contribution in [3.63, 3.8) is 0 Å². The van der Waals surface area contributed by atoms with E-state index in [1.165, 1.54) is 14.2 Å². The summed E-state index contributed by atoms with van der Waals surface area (Å²) >= 11 is 0. The molecule has 2 amide bonds. The summed E-state index contributed by atoms with van der Waals surface area (Å²) in [6.07, 6.45) is 0.760. The zero-order valence-corrected chi connectivity index (χ0v) is 22.3. The summed E-state index contributed by atoms with van der Waals surface area (Å²) < 4.78 is 21.9. The number of methoxy groups -OCH3 is 2. The minimum Gasteiger partial charge on any atom is -0.493 e. The van der Waals surface area contributed by atoms with Crippen molar-refractivity contribution >= 4 is 23.4 Å². The van der Waals surface area contributed by atoms with E-state index in [1.807, 2.05) is 0 Å². The number of hydrogen-bond donors (Lipinski definition) is 0. The van der Waals surface area contributed by atoms with Crippen LogP contribution in [0.3, 0.4) is 0 Å². The number of hydrogen-bond acceptors (Lipinski definition) is 8. The summed E-state index contributed by atoms with van der Waals surface area (Å²) in [7, 11) is 2.95. The van der Waals surface area contributed by atoms with E-state index in [0.717, 1.165) is 0 Å². The van der Waals surface area contributed by atoms with Crippen LogP contribution < -0.4 is 18.9 Å². The van der Waals surface area contributed by atoms with Gasteiger partial charge < -0.3 is 28.7 Å². The third kappa shape index (κ3) is 7.02. The Hall–Kier alpha value is -4.08. The van der Waals surface area contributed by atoms with Crippen molar-refractivity contribution in [2.24, 2.45) is 0 Å². The molecule has 0 bridgehead atoms. The Kier molecular flexibility index (Phi) is 10.1. The number of benzene rings is 2. The zero-order chi connectivity index (χ0) is 27.7. The van der Waals surface area contributed by atoms with Crippen molar-refractivity contribution in [2.75, 3.05) is 53.6 Å². The summed E-state index contributed by atoms with van der Waals surface area (Å²) in [6.45, 7) is 4.66. The zero-order valence-electron chi connectivity index (χ0n) is 22.3. The van der Waals surface area contributed by atoms with Crippen LogP contribution in [-0.2, 0) is 9.59 Å². The summed E-state index contributed by atoms with van der Waals surface area (Å²) in [5.74, 6) is 1.08. The second kappa shape index (κ2) is 13.5. The number of carbonyl (C=O) groups is 4. The van der Waals surface area contributed by atoms with E-state index in [2.05, 4.69) is 0 Å². The fourth-order valence-electron chi connectivity index (χ4n) is 4.00. The van der Waals surface area contributed by atoms with Gasteiger partial charge in [0.15, 0.2) is 47.8 Å². The van der Waals surface area contributed by atoms with Gasteiger partial charge in [-0.2, -0.15) is 0 Å². The lowest BCUT2D eigenvalue weighted by Crippen LogP contribution is -2.52. The van der Waals surface area contributed by atoms with Crippen LogP contribution in [0.25, 0.3) is 0 Å². The number of piperazine rings is 1. The van der Waals surface area contributed by atoms with Gasteiger partial charge in [0.25, 0.3) is 11.8 Å². The van der Waals surface area contributed by atoms with E-state index in [0.29, 0.717) is 73.1 Å². The highest BCUT2D eigenvalue weighted by Gasteiger charge is 2.25. The molecule has 0 radical (unpaired) electrons. The van der Waals surface area contributed by atoms with Gasteiger partial charge in [-0.3, -0.25) is 19.2 Å². The van der Waals surface area contributed by atoms with Crippen LogP contribution in [0.4, 0.5) is 0 Å². The number of carbonyl (C=O) groups excluding carboxylic acids is 4. The van der Waals surface area contributed by atoms with Crippen molar-refractivity contribution in [1.29, 1.82) is 0 Å². The normalized spacial score (nSPS) is 13.1. The molecule has 0 unspecified atom stereocenters. The number of ether oxygens (including phenoxy) is 4. The van der Waals surface area contributed by atoms with Crippen LogP contribution in [0, 0.1) is 0 Å². The van der Waals surface area contributed by atoms with Crippen LogP contribution in [0.5, 0.6) is 23.0 Å². The predicted molar refractivity (Wildman–Crippen MR) is 139 cm³/mol. The average Bonchev–Trinajstić information content (AvgIpc) is 2.97. The van der Waals surface area contributed by atoms with Crippen molar-refractivity contribution in [3.8, 4) is 23.0 Å². The first kappa shape index (κ1) is 28.5. The van der Waals surface area contributed by atoms with Crippen LogP contribution in [0.2, 0.25) is 0 Å². The lowest BCUT2D eigenvalue weighted by molar-refractivity contribution is -0.141. The molecule has 0 N–H and O–H groups in total. The fraction of sp³-hybridized carbons (Fsp3) is 0.429. The Morgan fingerprint density at radius 3 is 1.32 bits per heavy atom. The van der Waals surface area contributed by atoms with Crippen LogP contribution >= 0.6 is 0 Å². The second-order valence-electron chi connectivity index (χ2n) is 8.62. The van der Waals surface area contributed by atoms with Gasteiger partial charge in [-0.15, -0.1) is 0 Å². The monoisotopic (exact) mass is 526 g/mol. The quantitative estimate of drug-likeness (QED) is 0.388. The van der Waals surface area contributed by atoms with Gasteiger partial charge in [-0.25, -0.2) is 0 Å². The van der Waals surface area contributed by atoms with E-state index in [9.17, 15) is 19.2 Å². The molecule has 1 aliphatic rings. The third-order valence-corrected chi connectivity index (χ3v) is 6.30. The van der Waals surface area contributed by atoms with Gasteiger partial charge in [0.05, 0.1) is 14.2 Å². The minimum absolute atomic E-state index is 0.00995. The molecule has 0 atom stereocenters. The summed E-state index contributed by atoms with van der Waals surface area (Å²) in [6, 6.07) is 9.75. The summed E-state index contributed by atoms with van der Waals surface area (Å²) in [5, 5.41) is 0. The van der Waals surface area contributed by atoms with Gasteiger partial charge >= 0.3 is 0 Å². The van der Waals surface area contributed by atoms with Gasteiger partial charge in [0, 0.05) is 50.1 Å². The molecule has 10 heteroatoms. The smallest absolute Gasteiger partial charge is 0.260 e. The molecule has 0 aromatic heterocycles. The third-order valence-electron chi connectivity index (χ3n) is 6.30. The van der Waals surface area contributed by atoms with Crippen LogP contribution in [0.15, 0.2) is 36.4 Å². The van der Waals surface area contributed by atoms with Gasteiger partial charge in [0.2, 0.25) is 0 Å². The van der Waals surface area contributed by atoms with Gasteiger partial charge in [-0.1, -0.05) is 13.8 Å². The van der Waals surface area contributed by atoms with Crippen LogP contribution in [0.1, 0.15) is 47.4 Å². The molecule has 38 heavy (non-hydrogen) atoms. The lowest BCUT2D eigenvalue weighted by atomic mass is 10.1. The van der Waals surface area contributed by atoms with E-state index >= 15 is 0 Å². The fourth-order valence-corrected chi connectivity index (χ4v) is 4.00. The highest BCUT2D eigenvalue weighted by molar-refractivity contribution is 5.97. The lowest BCUT2D eigenvalue weighted by Gasteiger charge is -2.34. The summed E-state index contributed by atoms with van der Waals surface area (Å²) in [4.78, 5) is 52.5. The Labute approximate surface area is 222 Å². The number of rotatable bonds is 12. The van der Waals surface area contributed by atoms with Crippen LogP contribution in [-0.4, -0.2) is 86.8 Å². The summed E-state index contributed by atoms with van der Waals surface area (Å²) in [5.41, 5.74) is 1.05. The molecule has 1 aliphatic heterocycles. The van der Waals surface area contributed by atoms with E-state index in [-0.39, 0.29) is 36.6 Å². The molecule has 3 rings (SSSR count). The molecular formula is C28H34N2O8. The highest BCUT2D eigenvalue weighted by Crippen LogP contribution is 2.29. The number of Topliss-reactive ketones (excluding diaryl/α,β-unsaturated/α-hetero) is 2. The van der Waals surface area contributed by atoms with Crippen molar-refractivity contribution in [3.05, 3.63) is 47.5 Å².